The van der Waals surface area contributed by atoms with Crippen molar-refractivity contribution in [3.05, 3.63) is 23.9 Å². The molecule has 0 aliphatic carbocycles. The Morgan fingerprint density at radius 1 is 1.54 bits per heavy atom. The summed E-state index contributed by atoms with van der Waals surface area (Å²) in [5, 5.41) is 3.33. The van der Waals surface area contributed by atoms with Crippen LogP contribution < -0.4 is 10.1 Å². The van der Waals surface area contributed by atoms with Crippen LogP contribution in [0.3, 0.4) is 0 Å². The van der Waals surface area contributed by atoms with Crippen molar-refractivity contribution in [3.8, 4) is 5.88 Å². The second-order valence-electron chi connectivity index (χ2n) is 3.29. The fraction of sp³-hybridized carbons (Fsp3) is 0.500. The van der Waals surface area contributed by atoms with E-state index in [4.69, 9.17) is 4.74 Å². The minimum absolute atomic E-state index is 0.565. The molecule has 1 aromatic heterocycles. The maximum Gasteiger partial charge on any atom is 0.213 e. The molecule has 2 rings (SSSR count). The maximum atomic E-state index is 5.08. The topological polar surface area (TPSA) is 34.1 Å². The van der Waals surface area contributed by atoms with E-state index in [0.29, 0.717) is 11.8 Å². The van der Waals surface area contributed by atoms with Gasteiger partial charge in [0.15, 0.2) is 0 Å². The number of methoxy groups -OCH3 is 1. The van der Waals surface area contributed by atoms with Crippen molar-refractivity contribution in [2.45, 2.75) is 12.3 Å². The van der Waals surface area contributed by atoms with Crippen LogP contribution in [0.1, 0.15) is 18.0 Å². The summed E-state index contributed by atoms with van der Waals surface area (Å²) in [5.41, 5.74) is 1.14. The van der Waals surface area contributed by atoms with Crippen molar-refractivity contribution >= 4 is 0 Å². The molecular weight excluding hydrogens is 164 g/mol. The monoisotopic (exact) mass is 178 g/mol. The molecule has 1 aromatic rings. The van der Waals surface area contributed by atoms with Crippen molar-refractivity contribution in [1.29, 1.82) is 0 Å². The lowest BCUT2D eigenvalue weighted by Crippen LogP contribution is -2.09. The summed E-state index contributed by atoms with van der Waals surface area (Å²) in [7, 11) is 1.65. The smallest absolute Gasteiger partial charge is 0.213 e. The molecule has 1 fully saturated rings. The molecule has 1 atom stereocenters. The van der Waals surface area contributed by atoms with Crippen LogP contribution >= 0.6 is 0 Å². The molecule has 0 aromatic carbocycles. The normalized spacial score (nSPS) is 21.8. The molecule has 1 N–H and O–H groups in total. The minimum Gasteiger partial charge on any atom is -0.481 e. The van der Waals surface area contributed by atoms with Gasteiger partial charge in [0.1, 0.15) is 0 Å². The Labute approximate surface area is 78.1 Å². The molecule has 0 unspecified atom stereocenters. The standard InChI is InChI=1S/C10H14N2O/c1-13-10-4-2-3-9(12-10)8-5-6-11-7-8/h2-4,8,11H,5-7H2,1H3/t8-/m1/s1. The van der Waals surface area contributed by atoms with Crippen LogP contribution in [0.4, 0.5) is 0 Å². The fourth-order valence-corrected chi connectivity index (χ4v) is 1.68. The van der Waals surface area contributed by atoms with Gasteiger partial charge in [0, 0.05) is 24.2 Å². The second kappa shape index (κ2) is 3.75. The fourth-order valence-electron chi connectivity index (χ4n) is 1.68. The molecule has 70 valence electrons. The lowest BCUT2D eigenvalue weighted by Gasteiger charge is -2.08. The molecule has 13 heavy (non-hydrogen) atoms. The second-order valence-corrected chi connectivity index (χ2v) is 3.29. The predicted octanol–water partition coefficient (Wildman–Crippen LogP) is 1.17. The Hall–Kier alpha value is -1.09. The van der Waals surface area contributed by atoms with Gasteiger partial charge in [-0.25, -0.2) is 4.98 Å². The Morgan fingerprint density at radius 2 is 2.46 bits per heavy atom. The quantitative estimate of drug-likeness (QED) is 0.738. The number of hydrogen-bond acceptors (Lipinski definition) is 3. The van der Waals surface area contributed by atoms with Gasteiger partial charge in [0.05, 0.1) is 7.11 Å². The highest BCUT2D eigenvalue weighted by Gasteiger charge is 2.17. The van der Waals surface area contributed by atoms with Crippen LogP contribution in [0, 0.1) is 0 Å². The van der Waals surface area contributed by atoms with E-state index in [0.717, 1.165) is 18.8 Å². The maximum absolute atomic E-state index is 5.08. The lowest BCUT2D eigenvalue weighted by atomic mass is 10.0. The Morgan fingerprint density at radius 3 is 3.15 bits per heavy atom. The molecular formula is C10H14N2O. The summed E-state index contributed by atoms with van der Waals surface area (Å²) >= 11 is 0. The molecule has 0 spiro atoms. The zero-order valence-electron chi connectivity index (χ0n) is 7.79. The first kappa shape index (κ1) is 8.51. The van der Waals surface area contributed by atoms with Gasteiger partial charge in [0.2, 0.25) is 5.88 Å². The van der Waals surface area contributed by atoms with Crippen LogP contribution in [0.5, 0.6) is 5.88 Å². The summed E-state index contributed by atoms with van der Waals surface area (Å²) in [6.07, 6.45) is 1.18. The number of nitrogens with zero attached hydrogens (tertiary/aromatic N) is 1. The molecule has 3 heteroatoms. The summed E-state index contributed by atoms with van der Waals surface area (Å²) in [5.74, 6) is 1.28. The summed E-state index contributed by atoms with van der Waals surface area (Å²) in [6, 6.07) is 5.95. The number of nitrogens with one attached hydrogen (secondary N) is 1. The first-order valence-electron chi connectivity index (χ1n) is 4.62. The van der Waals surface area contributed by atoms with Gasteiger partial charge in [-0.15, -0.1) is 0 Å². The molecule has 0 bridgehead atoms. The van der Waals surface area contributed by atoms with E-state index >= 15 is 0 Å². The number of rotatable bonds is 2. The molecule has 0 radical (unpaired) electrons. The SMILES string of the molecule is COc1cccc([C@@H]2CCNC2)n1. The average molecular weight is 178 g/mol. The molecule has 0 saturated carbocycles. The van der Waals surface area contributed by atoms with Gasteiger partial charge in [-0.05, 0) is 19.0 Å². The zero-order chi connectivity index (χ0) is 9.10. The van der Waals surface area contributed by atoms with Crippen LogP contribution in [0.15, 0.2) is 18.2 Å². The highest BCUT2D eigenvalue weighted by Crippen LogP contribution is 2.21. The molecule has 0 amide bonds. The highest BCUT2D eigenvalue weighted by atomic mass is 16.5. The molecule has 1 aliphatic heterocycles. The van der Waals surface area contributed by atoms with E-state index in [1.54, 1.807) is 7.11 Å². The third-order valence-corrected chi connectivity index (χ3v) is 2.43. The Bertz CT molecular complexity index is 282. The third kappa shape index (κ3) is 1.80. The number of hydrogen-bond donors (Lipinski definition) is 1. The zero-order valence-corrected chi connectivity index (χ0v) is 7.79. The lowest BCUT2D eigenvalue weighted by molar-refractivity contribution is 0.395. The van der Waals surface area contributed by atoms with Crippen molar-refractivity contribution in [1.82, 2.24) is 10.3 Å². The third-order valence-electron chi connectivity index (χ3n) is 2.43. The summed E-state index contributed by atoms with van der Waals surface area (Å²) < 4.78 is 5.08. The van der Waals surface area contributed by atoms with Crippen molar-refractivity contribution in [2.24, 2.45) is 0 Å². The number of aromatic nitrogens is 1. The first-order chi connectivity index (χ1) is 6.40. The number of pyridine rings is 1. The average Bonchev–Trinajstić information content (AvgIpc) is 2.71. The van der Waals surface area contributed by atoms with E-state index in [9.17, 15) is 0 Å². The van der Waals surface area contributed by atoms with E-state index in [1.165, 1.54) is 6.42 Å². The van der Waals surface area contributed by atoms with Crippen molar-refractivity contribution < 1.29 is 4.74 Å². The van der Waals surface area contributed by atoms with E-state index in [-0.39, 0.29) is 0 Å². The Kier molecular flexibility index (Phi) is 2.45. The summed E-state index contributed by atoms with van der Waals surface area (Å²) in [4.78, 5) is 4.41. The highest BCUT2D eigenvalue weighted by molar-refractivity contribution is 5.19. The van der Waals surface area contributed by atoms with Crippen LogP contribution in [0.25, 0.3) is 0 Å². The molecule has 2 heterocycles. The predicted molar refractivity (Wildman–Crippen MR) is 51.0 cm³/mol. The van der Waals surface area contributed by atoms with Crippen molar-refractivity contribution in [3.63, 3.8) is 0 Å². The van der Waals surface area contributed by atoms with Gasteiger partial charge in [-0.2, -0.15) is 0 Å². The van der Waals surface area contributed by atoms with Crippen LogP contribution in [0.2, 0.25) is 0 Å². The van der Waals surface area contributed by atoms with Gasteiger partial charge in [0.25, 0.3) is 0 Å². The van der Waals surface area contributed by atoms with E-state index in [1.807, 2.05) is 12.1 Å². The molecule has 1 saturated heterocycles. The molecule has 3 nitrogen and oxygen atoms in total. The van der Waals surface area contributed by atoms with Gasteiger partial charge < -0.3 is 10.1 Å². The van der Waals surface area contributed by atoms with Crippen LogP contribution in [-0.2, 0) is 0 Å². The number of ether oxygens (including phenoxy) is 1. The van der Waals surface area contributed by atoms with Crippen molar-refractivity contribution in [2.75, 3.05) is 20.2 Å². The van der Waals surface area contributed by atoms with Gasteiger partial charge in [-0.3, -0.25) is 0 Å². The Balaban J connectivity index is 2.18. The minimum atomic E-state index is 0.565. The largest absolute Gasteiger partial charge is 0.481 e. The van der Waals surface area contributed by atoms with E-state index < -0.39 is 0 Å². The molecule has 1 aliphatic rings. The van der Waals surface area contributed by atoms with Crippen LogP contribution in [-0.4, -0.2) is 25.2 Å². The van der Waals surface area contributed by atoms with Gasteiger partial charge in [-0.1, -0.05) is 6.07 Å². The first-order valence-corrected chi connectivity index (χ1v) is 4.62. The van der Waals surface area contributed by atoms with E-state index in [2.05, 4.69) is 16.4 Å². The summed E-state index contributed by atoms with van der Waals surface area (Å²) in [6.45, 7) is 2.14. The van der Waals surface area contributed by atoms with Gasteiger partial charge >= 0.3 is 0 Å².